The molecule has 0 atom stereocenters. The molecule has 3 aromatic carbocycles. The molecule has 0 radical (unpaired) electrons. The van der Waals surface area contributed by atoms with Crippen LogP contribution >= 0.6 is 23.1 Å². The van der Waals surface area contributed by atoms with E-state index in [0.29, 0.717) is 23.9 Å². The van der Waals surface area contributed by atoms with Crippen LogP contribution < -0.4 is 14.5 Å². The molecule has 34 heavy (non-hydrogen) atoms. The largest absolute Gasteiger partial charge is 0.497 e. The number of carbonyl (C=O) groups excluding carboxylic acids is 1. The van der Waals surface area contributed by atoms with Crippen LogP contribution in [0, 0.1) is 0 Å². The van der Waals surface area contributed by atoms with E-state index in [9.17, 15) is 4.79 Å². The van der Waals surface area contributed by atoms with Crippen molar-refractivity contribution in [2.45, 2.75) is 18.2 Å². The molecule has 1 heterocycles. The van der Waals surface area contributed by atoms with E-state index in [-0.39, 0.29) is 5.91 Å². The van der Waals surface area contributed by atoms with Gasteiger partial charge in [-0.3, -0.25) is 4.79 Å². The van der Waals surface area contributed by atoms with Crippen LogP contribution in [0.2, 0.25) is 0 Å². The Hall–Kier alpha value is -3.36. The third-order valence-electron chi connectivity index (χ3n) is 4.84. The molecule has 174 valence electrons. The highest BCUT2D eigenvalue weighted by molar-refractivity contribution is 7.99. The van der Waals surface area contributed by atoms with Gasteiger partial charge in [-0.2, -0.15) is 10.1 Å². The minimum absolute atomic E-state index is 0.114. The van der Waals surface area contributed by atoms with Crippen LogP contribution in [0.25, 0.3) is 10.2 Å². The highest BCUT2D eigenvalue weighted by Crippen LogP contribution is 2.32. The zero-order chi connectivity index (χ0) is 23.8. The van der Waals surface area contributed by atoms with Crippen LogP contribution in [0.5, 0.6) is 11.5 Å². The number of rotatable bonds is 10. The van der Waals surface area contributed by atoms with Crippen LogP contribution in [0.15, 0.2) is 82.8 Å². The molecule has 0 N–H and O–H groups in total. The second-order valence-corrected chi connectivity index (χ2v) is 9.37. The van der Waals surface area contributed by atoms with Gasteiger partial charge < -0.3 is 9.47 Å². The summed E-state index contributed by atoms with van der Waals surface area (Å²) in [5.74, 6) is 2.08. The third-order valence-corrected chi connectivity index (χ3v) is 6.85. The van der Waals surface area contributed by atoms with E-state index < -0.39 is 0 Å². The summed E-state index contributed by atoms with van der Waals surface area (Å²) < 4.78 is 11.8. The number of benzene rings is 3. The van der Waals surface area contributed by atoms with Gasteiger partial charge in [0.25, 0.3) is 0 Å². The Balaban J connectivity index is 1.55. The number of amides is 1. The van der Waals surface area contributed by atoms with E-state index in [4.69, 9.17) is 9.47 Å². The second kappa shape index (κ2) is 11.7. The van der Waals surface area contributed by atoms with Crippen molar-refractivity contribution in [3.8, 4) is 11.5 Å². The van der Waals surface area contributed by atoms with E-state index in [1.165, 1.54) is 16.3 Å². The van der Waals surface area contributed by atoms with Crippen molar-refractivity contribution in [1.82, 2.24) is 4.98 Å². The summed E-state index contributed by atoms with van der Waals surface area (Å²) >= 11 is 3.06. The standard InChI is InChI=1S/C26H25N3O3S2/c1-3-32-20-11-9-19(10-12-20)18-27-29(25(30)15-16-33-22-7-5-4-6-8-22)26-28-23-14-13-21(31-2)17-24(23)34-26/h4-14,17-18H,3,15-16H2,1-2H3/b27-18+. The average Bonchev–Trinajstić information content (AvgIpc) is 3.29. The molecule has 4 rings (SSSR count). The predicted octanol–water partition coefficient (Wildman–Crippen LogP) is 6.25. The number of aromatic nitrogens is 1. The number of hydrogen-bond donors (Lipinski definition) is 0. The molecule has 0 saturated heterocycles. The molecule has 1 aromatic heterocycles. The van der Waals surface area contributed by atoms with Crippen LogP contribution in [0.1, 0.15) is 18.9 Å². The third kappa shape index (κ3) is 6.15. The van der Waals surface area contributed by atoms with Crippen molar-refractivity contribution in [3.05, 3.63) is 78.4 Å². The highest BCUT2D eigenvalue weighted by atomic mass is 32.2. The van der Waals surface area contributed by atoms with Crippen molar-refractivity contribution in [3.63, 3.8) is 0 Å². The molecule has 0 unspecified atom stereocenters. The molecular weight excluding hydrogens is 466 g/mol. The number of hydrogen-bond acceptors (Lipinski definition) is 7. The van der Waals surface area contributed by atoms with E-state index in [1.807, 2.05) is 79.7 Å². The summed E-state index contributed by atoms with van der Waals surface area (Å²) in [7, 11) is 1.63. The molecule has 0 aliphatic rings. The van der Waals surface area contributed by atoms with Gasteiger partial charge in [0.15, 0.2) is 0 Å². The Morgan fingerprint density at radius 3 is 2.59 bits per heavy atom. The number of ether oxygens (including phenoxy) is 2. The molecular formula is C26H25N3O3S2. The predicted molar refractivity (Wildman–Crippen MR) is 141 cm³/mol. The second-order valence-electron chi connectivity index (χ2n) is 7.19. The summed E-state index contributed by atoms with van der Waals surface area (Å²) in [6, 6.07) is 23.3. The average molecular weight is 492 g/mol. The van der Waals surface area contributed by atoms with E-state index in [0.717, 1.165) is 32.2 Å². The van der Waals surface area contributed by atoms with Gasteiger partial charge >= 0.3 is 0 Å². The van der Waals surface area contributed by atoms with Crippen molar-refractivity contribution < 1.29 is 14.3 Å². The maximum absolute atomic E-state index is 13.2. The minimum atomic E-state index is -0.114. The van der Waals surface area contributed by atoms with E-state index in [2.05, 4.69) is 10.1 Å². The van der Waals surface area contributed by atoms with Gasteiger partial charge in [-0.05, 0) is 67.1 Å². The zero-order valence-electron chi connectivity index (χ0n) is 19.0. The molecule has 8 heteroatoms. The SMILES string of the molecule is CCOc1ccc(/C=N/N(C(=O)CCSc2ccccc2)c2nc3ccc(OC)cc3s2)cc1. The Bertz CT molecular complexity index is 1260. The van der Waals surface area contributed by atoms with Gasteiger partial charge in [0.05, 0.1) is 30.1 Å². The first-order valence-electron chi connectivity index (χ1n) is 10.9. The molecule has 0 bridgehead atoms. The molecule has 6 nitrogen and oxygen atoms in total. The van der Waals surface area contributed by atoms with E-state index in [1.54, 1.807) is 25.1 Å². The van der Waals surface area contributed by atoms with Crippen molar-refractivity contribution in [2.24, 2.45) is 5.10 Å². The summed E-state index contributed by atoms with van der Waals surface area (Å²) in [5.41, 5.74) is 1.66. The van der Waals surface area contributed by atoms with Crippen LogP contribution in [0.4, 0.5) is 5.13 Å². The number of carbonyl (C=O) groups is 1. The van der Waals surface area contributed by atoms with Gasteiger partial charge in [-0.25, -0.2) is 4.98 Å². The summed E-state index contributed by atoms with van der Waals surface area (Å²) in [4.78, 5) is 19.0. The molecule has 0 saturated carbocycles. The molecule has 0 spiro atoms. The van der Waals surface area contributed by atoms with E-state index >= 15 is 0 Å². The number of thioether (sulfide) groups is 1. The lowest BCUT2D eigenvalue weighted by molar-refractivity contribution is -0.118. The normalized spacial score (nSPS) is 11.1. The fourth-order valence-corrected chi connectivity index (χ4v) is 4.98. The van der Waals surface area contributed by atoms with Gasteiger partial charge in [0.1, 0.15) is 11.5 Å². The van der Waals surface area contributed by atoms with Crippen molar-refractivity contribution in [1.29, 1.82) is 0 Å². The Kier molecular flexibility index (Phi) is 8.17. The van der Waals surface area contributed by atoms with Gasteiger partial charge in [-0.15, -0.1) is 11.8 Å². The summed E-state index contributed by atoms with van der Waals surface area (Å²) in [6.45, 7) is 2.56. The fraction of sp³-hybridized carbons (Fsp3) is 0.192. The maximum atomic E-state index is 13.2. The smallest absolute Gasteiger partial charge is 0.250 e. The molecule has 0 aliphatic carbocycles. The van der Waals surface area contributed by atoms with Crippen LogP contribution in [-0.4, -0.2) is 36.6 Å². The lowest BCUT2D eigenvalue weighted by atomic mass is 10.2. The maximum Gasteiger partial charge on any atom is 0.250 e. The van der Waals surface area contributed by atoms with Gasteiger partial charge in [0, 0.05) is 17.1 Å². The minimum Gasteiger partial charge on any atom is -0.497 e. The van der Waals surface area contributed by atoms with Gasteiger partial charge in [0.2, 0.25) is 11.0 Å². The molecule has 0 fully saturated rings. The van der Waals surface area contributed by atoms with Crippen LogP contribution in [-0.2, 0) is 4.79 Å². The number of nitrogens with zero attached hydrogens (tertiary/aromatic N) is 3. The lowest BCUT2D eigenvalue weighted by Gasteiger charge is -2.13. The summed E-state index contributed by atoms with van der Waals surface area (Å²) in [5, 5.41) is 6.46. The summed E-state index contributed by atoms with van der Waals surface area (Å²) in [6.07, 6.45) is 2.00. The molecule has 4 aromatic rings. The zero-order valence-corrected chi connectivity index (χ0v) is 20.6. The first kappa shape index (κ1) is 23.8. The number of hydrazone groups is 1. The Labute approximate surface area is 207 Å². The highest BCUT2D eigenvalue weighted by Gasteiger charge is 2.19. The number of anilines is 1. The quantitative estimate of drug-likeness (QED) is 0.149. The molecule has 1 amide bonds. The monoisotopic (exact) mass is 491 g/mol. The topological polar surface area (TPSA) is 64.0 Å². The molecule has 0 aliphatic heterocycles. The first-order valence-corrected chi connectivity index (χ1v) is 12.7. The van der Waals surface area contributed by atoms with Gasteiger partial charge in [-0.1, -0.05) is 29.5 Å². The Morgan fingerprint density at radius 2 is 1.85 bits per heavy atom. The Morgan fingerprint density at radius 1 is 1.09 bits per heavy atom. The number of fused-ring (bicyclic) bond motifs is 1. The lowest BCUT2D eigenvalue weighted by Crippen LogP contribution is -2.25. The fourth-order valence-electron chi connectivity index (χ4n) is 3.15. The van der Waals surface area contributed by atoms with Crippen LogP contribution in [0.3, 0.4) is 0 Å². The number of methoxy groups -OCH3 is 1. The number of thiazole rings is 1. The van der Waals surface area contributed by atoms with Crippen molar-refractivity contribution >= 4 is 50.6 Å². The van der Waals surface area contributed by atoms with Crippen molar-refractivity contribution in [2.75, 3.05) is 24.5 Å². The first-order chi connectivity index (χ1) is 16.7.